The number of ether oxygens (including phenoxy) is 2. The van der Waals surface area contributed by atoms with Crippen LogP contribution in [0.3, 0.4) is 0 Å². The molecule has 154 valence electrons. The number of sulfonamides is 1. The second-order valence-corrected chi connectivity index (χ2v) is 8.21. The largest absolute Gasteiger partial charge is 0.493 e. The first-order chi connectivity index (χ1) is 12.4. The molecule has 0 heterocycles. The minimum Gasteiger partial charge on any atom is -0.493 e. The van der Waals surface area contributed by atoms with Crippen LogP contribution < -0.4 is 25.2 Å². The molecule has 0 amide bonds. The van der Waals surface area contributed by atoms with Crippen molar-refractivity contribution < 1.29 is 17.9 Å². The molecule has 0 bridgehead atoms. The van der Waals surface area contributed by atoms with Gasteiger partial charge in [0.15, 0.2) is 17.5 Å². The van der Waals surface area contributed by atoms with Gasteiger partial charge in [-0.3, -0.25) is 0 Å². The van der Waals surface area contributed by atoms with Crippen molar-refractivity contribution in [3.63, 3.8) is 0 Å². The van der Waals surface area contributed by atoms with Crippen LogP contribution in [0, 0.1) is 5.92 Å². The summed E-state index contributed by atoms with van der Waals surface area (Å²) in [7, 11) is -0.140. The van der Waals surface area contributed by atoms with Crippen LogP contribution in [0.2, 0.25) is 0 Å². The van der Waals surface area contributed by atoms with E-state index in [1.807, 2.05) is 12.1 Å². The second kappa shape index (κ2) is 11.5. The van der Waals surface area contributed by atoms with E-state index in [1.165, 1.54) is 6.42 Å². The van der Waals surface area contributed by atoms with E-state index >= 15 is 0 Å². The van der Waals surface area contributed by atoms with Crippen LogP contribution >= 0.6 is 24.0 Å². The van der Waals surface area contributed by atoms with E-state index in [1.54, 1.807) is 20.3 Å². The fourth-order valence-corrected chi connectivity index (χ4v) is 3.54. The summed E-state index contributed by atoms with van der Waals surface area (Å²) in [5.41, 5.74) is 6.70. The molecule has 0 saturated heterocycles. The molecular formula is C17H29IN4O4S. The number of hydrogen-bond donors (Lipinski definition) is 3. The van der Waals surface area contributed by atoms with Gasteiger partial charge >= 0.3 is 0 Å². The molecule has 1 aromatic carbocycles. The molecular weight excluding hydrogens is 483 g/mol. The standard InChI is InChI=1S/C17H28N4O4S.HI/c1-24-15-7-6-14(10-16(15)25-2)11-20-17(18)19-8-9-26(22,23)21-12-13-4-3-5-13;/h6-7,10,13,21H,3-5,8-9,11-12H2,1-2H3,(H3,18,19,20);1H. The molecule has 1 aliphatic rings. The summed E-state index contributed by atoms with van der Waals surface area (Å²) in [5, 5.41) is 2.83. The summed E-state index contributed by atoms with van der Waals surface area (Å²) in [6, 6.07) is 5.49. The number of rotatable bonds is 10. The van der Waals surface area contributed by atoms with Gasteiger partial charge in [0.05, 0.1) is 26.5 Å². The zero-order valence-corrected chi connectivity index (χ0v) is 18.9. The number of aliphatic imine (C=N–C) groups is 1. The summed E-state index contributed by atoms with van der Waals surface area (Å²) in [5.74, 6) is 1.92. The first kappa shape index (κ1) is 23.8. The van der Waals surface area contributed by atoms with Gasteiger partial charge in [0.2, 0.25) is 10.0 Å². The summed E-state index contributed by atoms with van der Waals surface area (Å²) in [4.78, 5) is 4.21. The van der Waals surface area contributed by atoms with E-state index in [4.69, 9.17) is 15.2 Å². The average Bonchev–Trinajstić information content (AvgIpc) is 2.58. The minimum atomic E-state index is -3.29. The lowest BCUT2D eigenvalue weighted by molar-refractivity contribution is 0.316. The van der Waals surface area contributed by atoms with Gasteiger partial charge in [0, 0.05) is 13.1 Å². The number of guanidine groups is 1. The molecule has 2 rings (SSSR count). The Labute approximate surface area is 178 Å². The Balaban J connectivity index is 0.00000364. The van der Waals surface area contributed by atoms with E-state index in [9.17, 15) is 8.42 Å². The van der Waals surface area contributed by atoms with E-state index in [0.717, 1.165) is 18.4 Å². The fourth-order valence-electron chi connectivity index (χ4n) is 2.54. The number of methoxy groups -OCH3 is 2. The number of nitrogens with one attached hydrogen (secondary N) is 2. The molecule has 10 heteroatoms. The highest BCUT2D eigenvalue weighted by atomic mass is 127. The van der Waals surface area contributed by atoms with Crippen LogP contribution in [0.25, 0.3) is 0 Å². The maximum atomic E-state index is 11.9. The van der Waals surface area contributed by atoms with Crippen LogP contribution in [-0.4, -0.2) is 47.4 Å². The van der Waals surface area contributed by atoms with Crippen molar-refractivity contribution in [2.45, 2.75) is 25.8 Å². The molecule has 0 spiro atoms. The highest BCUT2D eigenvalue weighted by Gasteiger charge is 2.19. The quantitative estimate of drug-likeness (QED) is 0.248. The van der Waals surface area contributed by atoms with Crippen LogP contribution in [0.1, 0.15) is 24.8 Å². The Morgan fingerprint density at radius 2 is 1.96 bits per heavy atom. The van der Waals surface area contributed by atoms with Crippen molar-refractivity contribution in [1.29, 1.82) is 0 Å². The summed E-state index contributed by atoms with van der Waals surface area (Å²) in [6.07, 6.45) is 3.41. The third kappa shape index (κ3) is 8.09. The molecule has 1 aromatic rings. The van der Waals surface area contributed by atoms with Gasteiger partial charge < -0.3 is 20.5 Å². The number of hydrogen-bond acceptors (Lipinski definition) is 5. The third-order valence-corrected chi connectivity index (χ3v) is 5.72. The van der Waals surface area contributed by atoms with Crippen LogP contribution in [0.15, 0.2) is 23.2 Å². The third-order valence-electron chi connectivity index (χ3n) is 4.37. The Kier molecular flexibility index (Phi) is 10.2. The molecule has 0 atom stereocenters. The Morgan fingerprint density at radius 3 is 2.56 bits per heavy atom. The van der Waals surface area contributed by atoms with Gasteiger partial charge in [-0.15, -0.1) is 24.0 Å². The molecule has 1 saturated carbocycles. The first-order valence-corrected chi connectivity index (χ1v) is 10.3. The van der Waals surface area contributed by atoms with Gasteiger partial charge in [-0.05, 0) is 36.5 Å². The molecule has 1 fully saturated rings. The molecule has 1 aliphatic carbocycles. The van der Waals surface area contributed by atoms with E-state index in [0.29, 0.717) is 30.5 Å². The van der Waals surface area contributed by atoms with E-state index in [2.05, 4.69) is 15.0 Å². The van der Waals surface area contributed by atoms with Gasteiger partial charge in [-0.2, -0.15) is 0 Å². The molecule has 0 radical (unpaired) electrons. The van der Waals surface area contributed by atoms with Crippen LogP contribution in [-0.2, 0) is 16.6 Å². The molecule has 0 aliphatic heterocycles. The van der Waals surface area contributed by atoms with Crippen molar-refractivity contribution in [3.05, 3.63) is 23.8 Å². The molecule has 0 unspecified atom stereocenters. The van der Waals surface area contributed by atoms with Crippen molar-refractivity contribution in [2.75, 3.05) is 33.1 Å². The van der Waals surface area contributed by atoms with Gasteiger partial charge in [0.25, 0.3) is 0 Å². The molecule has 4 N–H and O–H groups in total. The van der Waals surface area contributed by atoms with Crippen molar-refractivity contribution >= 4 is 40.0 Å². The second-order valence-electron chi connectivity index (χ2n) is 6.28. The van der Waals surface area contributed by atoms with Gasteiger partial charge in [0.1, 0.15) is 0 Å². The predicted octanol–water partition coefficient (Wildman–Crippen LogP) is 1.45. The normalized spacial score (nSPS) is 14.8. The number of nitrogens with two attached hydrogens (primary N) is 1. The number of nitrogens with zero attached hydrogens (tertiary/aromatic N) is 1. The fraction of sp³-hybridized carbons (Fsp3) is 0.588. The summed E-state index contributed by atoms with van der Waals surface area (Å²) < 4.78 is 36.9. The van der Waals surface area contributed by atoms with Crippen molar-refractivity contribution in [2.24, 2.45) is 16.6 Å². The molecule has 8 nitrogen and oxygen atoms in total. The highest BCUT2D eigenvalue weighted by Crippen LogP contribution is 2.27. The predicted molar refractivity (Wildman–Crippen MR) is 117 cm³/mol. The Bertz CT molecular complexity index is 724. The Morgan fingerprint density at radius 1 is 1.26 bits per heavy atom. The number of halogens is 1. The topological polar surface area (TPSA) is 115 Å². The average molecular weight is 512 g/mol. The lowest BCUT2D eigenvalue weighted by Crippen LogP contribution is -2.39. The highest BCUT2D eigenvalue weighted by molar-refractivity contribution is 14.0. The van der Waals surface area contributed by atoms with Crippen LogP contribution in [0.4, 0.5) is 0 Å². The molecule has 0 aromatic heterocycles. The Hall–Kier alpha value is -1.27. The van der Waals surface area contributed by atoms with E-state index < -0.39 is 10.0 Å². The van der Waals surface area contributed by atoms with Gasteiger partial charge in [-0.25, -0.2) is 18.1 Å². The zero-order chi connectivity index (χ0) is 19.0. The van der Waals surface area contributed by atoms with Crippen molar-refractivity contribution in [3.8, 4) is 11.5 Å². The first-order valence-electron chi connectivity index (χ1n) is 8.65. The maximum absolute atomic E-state index is 11.9. The zero-order valence-electron chi connectivity index (χ0n) is 15.7. The maximum Gasteiger partial charge on any atom is 0.213 e. The minimum absolute atomic E-state index is 0. The lowest BCUT2D eigenvalue weighted by atomic mass is 9.86. The lowest BCUT2D eigenvalue weighted by Gasteiger charge is -2.25. The summed E-state index contributed by atoms with van der Waals surface area (Å²) >= 11 is 0. The van der Waals surface area contributed by atoms with E-state index in [-0.39, 0.29) is 42.2 Å². The number of benzene rings is 1. The van der Waals surface area contributed by atoms with Gasteiger partial charge in [-0.1, -0.05) is 12.5 Å². The SMILES string of the molecule is COc1ccc(CN=C(N)NCCS(=O)(=O)NCC2CCC2)cc1OC.I. The van der Waals surface area contributed by atoms with Crippen molar-refractivity contribution in [1.82, 2.24) is 10.0 Å². The monoisotopic (exact) mass is 512 g/mol. The smallest absolute Gasteiger partial charge is 0.213 e. The van der Waals surface area contributed by atoms with Crippen LogP contribution in [0.5, 0.6) is 11.5 Å². The molecule has 27 heavy (non-hydrogen) atoms. The summed E-state index contributed by atoms with van der Waals surface area (Å²) in [6.45, 7) is 1.10.